The van der Waals surface area contributed by atoms with Crippen LogP contribution in [0.15, 0.2) is 11.8 Å². The van der Waals surface area contributed by atoms with Crippen molar-refractivity contribution < 1.29 is 49.3 Å². The van der Waals surface area contributed by atoms with Crippen molar-refractivity contribution in [2.24, 2.45) is 11.5 Å². The number of aliphatic hydroxyl groups excluding tert-OH is 5. The number of nitrogens with one attached hydrogen (secondary N) is 2. The predicted octanol–water partition coefficient (Wildman–Crippen LogP) is -2.86. The number of ether oxygens (including phenoxy) is 4. The maximum absolute atomic E-state index is 12.5. The smallest absolute Gasteiger partial charge is 0.220 e. The maximum atomic E-state index is 12.5. The van der Waals surface area contributed by atoms with Crippen molar-refractivity contribution in [3.05, 3.63) is 11.8 Å². The molecule has 9 atom stereocenters. The summed E-state index contributed by atoms with van der Waals surface area (Å²) in [5.74, 6) is 0.322. The van der Waals surface area contributed by atoms with Gasteiger partial charge in [0.2, 0.25) is 5.91 Å². The van der Waals surface area contributed by atoms with Gasteiger partial charge in [-0.15, -0.1) is 0 Å². The molecule has 14 nitrogen and oxygen atoms in total. The Balaban J connectivity index is 2.12. The first kappa shape index (κ1) is 33.8. The highest BCUT2D eigenvalue weighted by molar-refractivity contribution is 5.76. The number of hydrogen-bond acceptors (Lipinski definition) is 13. The number of nitrogens with two attached hydrogens (primary N) is 2. The van der Waals surface area contributed by atoms with Crippen LogP contribution in [0.25, 0.3) is 0 Å². The zero-order chi connectivity index (χ0) is 28.8. The summed E-state index contributed by atoms with van der Waals surface area (Å²) in [6, 6.07) is -1.38. The van der Waals surface area contributed by atoms with E-state index in [9.17, 15) is 25.2 Å². The van der Waals surface area contributed by atoms with Gasteiger partial charge in [-0.05, 0) is 38.3 Å². The van der Waals surface area contributed by atoms with Crippen LogP contribution in [0, 0.1) is 0 Å². The summed E-state index contributed by atoms with van der Waals surface area (Å²) in [7, 11) is 0. The lowest BCUT2D eigenvalue weighted by atomic mass is 9.83. The van der Waals surface area contributed by atoms with E-state index in [-0.39, 0.29) is 45.1 Å². The van der Waals surface area contributed by atoms with Crippen molar-refractivity contribution >= 4 is 5.91 Å². The molecular weight excluding hydrogens is 516 g/mol. The van der Waals surface area contributed by atoms with Gasteiger partial charge in [-0.1, -0.05) is 6.92 Å². The van der Waals surface area contributed by atoms with Crippen molar-refractivity contribution in [1.82, 2.24) is 10.6 Å². The summed E-state index contributed by atoms with van der Waals surface area (Å²) in [6.07, 6.45) is -2.82. The van der Waals surface area contributed by atoms with E-state index in [1.807, 2.05) is 6.08 Å². The van der Waals surface area contributed by atoms with Crippen molar-refractivity contribution in [2.75, 3.05) is 39.5 Å². The first-order valence-corrected chi connectivity index (χ1v) is 13.7. The second kappa shape index (κ2) is 18.1. The fraction of sp³-hybridized carbons (Fsp3) is 0.880. The summed E-state index contributed by atoms with van der Waals surface area (Å²) in [6.45, 7) is 1.86. The standard InChI is InChI=1S/C25H48N4O10/c1-2-19(33)25(36-10-9-30)39-24-18(29-20(34)6-4-8-26)11-17(27)23(22(24)35)38-21-7-3-5-16(37-21)13-28-12-15(32)14-31/h5,15,17-19,21-25,28,30-33,35H,2-4,6-14,26-27H2,1H3,(H,29,34)/t15?,17-,18+,19+,21+,22-,23+,24-,25+/m0/s1. The molecule has 0 saturated heterocycles. The van der Waals surface area contributed by atoms with Crippen LogP contribution in [-0.4, -0.2) is 126 Å². The average molecular weight is 565 g/mol. The van der Waals surface area contributed by atoms with E-state index in [0.717, 1.165) is 0 Å². The van der Waals surface area contributed by atoms with Gasteiger partial charge < -0.3 is 66.6 Å². The molecule has 0 aromatic carbocycles. The third kappa shape index (κ3) is 11.2. The van der Waals surface area contributed by atoms with E-state index >= 15 is 0 Å². The quantitative estimate of drug-likeness (QED) is 0.0764. The summed E-state index contributed by atoms with van der Waals surface area (Å²) >= 11 is 0. The molecule has 2 aliphatic rings. The van der Waals surface area contributed by atoms with Crippen LogP contribution in [0.3, 0.4) is 0 Å². The molecule has 1 saturated carbocycles. The minimum atomic E-state index is -1.31. The van der Waals surface area contributed by atoms with Crippen LogP contribution in [0.1, 0.15) is 45.4 Å². The topological polar surface area (TPSA) is 231 Å². The number of amides is 1. The molecule has 228 valence electrons. The summed E-state index contributed by atoms with van der Waals surface area (Å²) < 4.78 is 23.6. The van der Waals surface area contributed by atoms with Crippen molar-refractivity contribution in [1.29, 1.82) is 0 Å². The van der Waals surface area contributed by atoms with Crippen LogP contribution in [0.2, 0.25) is 0 Å². The third-order valence-electron chi connectivity index (χ3n) is 6.63. The lowest BCUT2D eigenvalue weighted by Crippen LogP contribution is -2.66. The number of allylic oxidation sites excluding steroid dienone is 1. The van der Waals surface area contributed by atoms with E-state index < -0.39 is 55.2 Å². The molecule has 1 fully saturated rings. The molecule has 1 amide bonds. The number of carbonyl (C=O) groups excluding carboxylic acids is 1. The van der Waals surface area contributed by atoms with E-state index in [1.165, 1.54) is 0 Å². The first-order valence-electron chi connectivity index (χ1n) is 13.7. The van der Waals surface area contributed by atoms with Gasteiger partial charge in [0.05, 0.1) is 38.5 Å². The van der Waals surface area contributed by atoms with Crippen molar-refractivity contribution in [2.45, 2.75) is 101 Å². The van der Waals surface area contributed by atoms with Gasteiger partial charge in [-0.2, -0.15) is 0 Å². The van der Waals surface area contributed by atoms with Crippen LogP contribution < -0.4 is 22.1 Å². The summed E-state index contributed by atoms with van der Waals surface area (Å²) in [4.78, 5) is 12.5. The molecule has 1 aliphatic heterocycles. The van der Waals surface area contributed by atoms with E-state index in [2.05, 4.69) is 10.6 Å². The lowest BCUT2D eigenvalue weighted by molar-refractivity contribution is -0.269. The SMILES string of the molecule is CC[C@@H](O)[C@H](OCCO)O[C@@H]1[C@@H](O)[C@H](O[C@@H]2CCC=C(CNCC(O)CO)O2)[C@@H](N)C[C@H]1NC(=O)CCCN. The monoisotopic (exact) mass is 564 g/mol. The van der Waals surface area contributed by atoms with Gasteiger partial charge in [0.15, 0.2) is 12.6 Å². The zero-order valence-corrected chi connectivity index (χ0v) is 22.7. The van der Waals surface area contributed by atoms with E-state index in [4.69, 9.17) is 35.5 Å². The van der Waals surface area contributed by atoms with Gasteiger partial charge in [0, 0.05) is 25.4 Å². The number of aliphatic hydroxyl groups is 5. The number of rotatable bonds is 18. The van der Waals surface area contributed by atoms with Gasteiger partial charge in [-0.25, -0.2) is 0 Å². The van der Waals surface area contributed by atoms with Crippen LogP contribution in [-0.2, 0) is 23.7 Å². The highest BCUT2D eigenvalue weighted by atomic mass is 16.7. The summed E-state index contributed by atoms with van der Waals surface area (Å²) in [5, 5.41) is 55.3. The minimum Gasteiger partial charge on any atom is -0.468 e. The Morgan fingerprint density at radius 3 is 2.72 bits per heavy atom. The highest BCUT2D eigenvalue weighted by Gasteiger charge is 2.47. The van der Waals surface area contributed by atoms with Gasteiger partial charge in [0.1, 0.15) is 30.2 Å². The van der Waals surface area contributed by atoms with Gasteiger partial charge in [0.25, 0.3) is 0 Å². The predicted molar refractivity (Wildman–Crippen MR) is 140 cm³/mol. The Morgan fingerprint density at radius 2 is 2.05 bits per heavy atom. The Morgan fingerprint density at radius 1 is 1.28 bits per heavy atom. The van der Waals surface area contributed by atoms with Gasteiger partial charge in [-0.3, -0.25) is 4.79 Å². The fourth-order valence-corrected chi connectivity index (χ4v) is 4.50. The molecule has 0 aromatic rings. The molecule has 1 heterocycles. The second-order valence-electron chi connectivity index (χ2n) is 9.86. The Kier molecular flexibility index (Phi) is 15.7. The Hall–Kier alpha value is -1.43. The Bertz CT molecular complexity index is 733. The second-order valence-corrected chi connectivity index (χ2v) is 9.86. The molecule has 11 N–H and O–H groups in total. The molecule has 39 heavy (non-hydrogen) atoms. The minimum absolute atomic E-state index is 0.0914. The summed E-state index contributed by atoms with van der Waals surface area (Å²) in [5.41, 5.74) is 11.9. The highest BCUT2D eigenvalue weighted by Crippen LogP contribution is 2.30. The van der Waals surface area contributed by atoms with E-state index in [1.54, 1.807) is 6.92 Å². The molecule has 14 heteroatoms. The van der Waals surface area contributed by atoms with E-state index in [0.29, 0.717) is 44.5 Å². The lowest BCUT2D eigenvalue weighted by Gasteiger charge is -2.45. The number of carbonyl (C=O) groups is 1. The fourth-order valence-electron chi connectivity index (χ4n) is 4.50. The van der Waals surface area contributed by atoms with Crippen LogP contribution in [0.5, 0.6) is 0 Å². The molecular formula is C25H48N4O10. The molecule has 0 radical (unpaired) electrons. The Labute approximate surface area is 229 Å². The van der Waals surface area contributed by atoms with Crippen LogP contribution in [0.4, 0.5) is 0 Å². The molecule has 2 rings (SSSR count). The zero-order valence-electron chi connectivity index (χ0n) is 22.7. The number of hydrogen-bond donors (Lipinski definition) is 9. The van der Waals surface area contributed by atoms with Crippen molar-refractivity contribution in [3.8, 4) is 0 Å². The van der Waals surface area contributed by atoms with Crippen molar-refractivity contribution in [3.63, 3.8) is 0 Å². The molecule has 0 bridgehead atoms. The molecule has 1 aliphatic carbocycles. The normalized spacial score (nSPS) is 29.7. The molecule has 1 unspecified atom stereocenters. The third-order valence-corrected chi connectivity index (χ3v) is 6.63. The molecule has 0 spiro atoms. The van der Waals surface area contributed by atoms with Gasteiger partial charge >= 0.3 is 0 Å². The first-order chi connectivity index (χ1) is 18.7. The molecule has 0 aromatic heterocycles. The average Bonchev–Trinajstić information content (AvgIpc) is 2.93. The van der Waals surface area contributed by atoms with Crippen LogP contribution >= 0.6 is 0 Å². The maximum Gasteiger partial charge on any atom is 0.220 e. The largest absolute Gasteiger partial charge is 0.468 e.